The van der Waals surface area contributed by atoms with Crippen molar-refractivity contribution >= 4 is 11.4 Å². The average Bonchev–Trinajstić information content (AvgIpc) is 2.70. The lowest BCUT2D eigenvalue weighted by molar-refractivity contribution is -0.0596. The first-order chi connectivity index (χ1) is 7.88. The molecular weight excluding hydrogens is 229 g/mol. The van der Waals surface area contributed by atoms with Crippen molar-refractivity contribution in [2.75, 3.05) is 0 Å². The van der Waals surface area contributed by atoms with Crippen LogP contribution in [0.5, 0.6) is 0 Å². The van der Waals surface area contributed by atoms with E-state index in [-0.39, 0.29) is 6.42 Å². The molecule has 1 heterocycles. The molecule has 0 fully saturated rings. The third kappa shape index (κ3) is 2.38. The largest absolute Gasteiger partial charge is 0.431 e. The molecule has 17 heavy (non-hydrogen) atoms. The van der Waals surface area contributed by atoms with Crippen LogP contribution in [0.15, 0.2) is 28.4 Å². The maximum Gasteiger partial charge on any atom is 0.431 e. The third-order valence-electron chi connectivity index (χ3n) is 2.66. The fourth-order valence-electron chi connectivity index (χ4n) is 1.70. The predicted molar refractivity (Wildman–Crippen MR) is 60.6 cm³/mol. The van der Waals surface area contributed by atoms with E-state index in [1.165, 1.54) is 0 Å². The molecule has 0 unspecified atom stereocenters. The first-order valence-electron chi connectivity index (χ1n) is 5.16. The zero-order valence-electron chi connectivity index (χ0n) is 9.47. The number of aryl methyl sites for hydroxylation is 2. The third-order valence-corrected chi connectivity index (χ3v) is 2.66. The Kier molecular flexibility index (Phi) is 2.77. The lowest BCUT2D eigenvalue weighted by Crippen LogP contribution is -2.23. The van der Waals surface area contributed by atoms with E-state index in [1.54, 1.807) is 0 Å². The summed E-state index contributed by atoms with van der Waals surface area (Å²) >= 11 is 0. The monoisotopic (exact) mass is 240 g/mol. The number of hydrogen-bond acceptors (Lipinski definition) is 2. The average molecular weight is 240 g/mol. The van der Waals surface area contributed by atoms with E-state index < -0.39 is 11.9 Å². The second kappa shape index (κ2) is 3.98. The molecule has 0 spiro atoms. The molecule has 0 amide bonds. The number of hydrogen-bond donors (Lipinski definition) is 0. The zero-order valence-corrected chi connectivity index (χ0v) is 9.47. The van der Waals surface area contributed by atoms with Crippen molar-refractivity contribution in [1.82, 2.24) is 0 Å². The van der Waals surface area contributed by atoms with Gasteiger partial charge >= 0.3 is 6.18 Å². The van der Waals surface area contributed by atoms with Gasteiger partial charge < -0.3 is 0 Å². The van der Waals surface area contributed by atoms with Gasteiger partial charge in [-0.15, -0.1) is 5.10 Å². The minimum absolute atomic E-state index is 0.242. The lowest BCUT2D eigenvalue weighted by atomic mass is 9.98. The molecule has 2 rings (SSSR count). The summed E-state index contributed by atoms with van der Waals surface area (Å²) in [7, 11) is 0. The van der Waals surface area contributed by atoms with E-state index in [2.05, 4.69) is 10.2 Å². The standard InChI is InChI=1S/C12H11F3N2/c1-7-3-4-8(2)9(5-7)10-6-11(17-16-10)12(13,14)15/h3-5H,6H2,1-2H3. The molecule has 0 radical (unpaired) electrons. The zero-order chi connectivity index (χ0) is 12.6. The second-order valence-corrected chi connectivity index (χ2v) is 4.09. The molecule has 90 valence electrons. The minimum atomic E-state index is -4.39. The van der Waals surface area contributed by atoms with Crippen LogP contribution in [0.3, 0.4) is 0 Å². The van der Waals surface area contributed by atoms with Gasteiger partial charge in [0.25, 0.3) is 0 Å². The summed E-state index contributed by atoms with van der Waals surface area (Å²) in [4.78, 5) is 0. The molecule has 1 aliphatic heterocycles. The Hall–Kier alpha value is -1.65. The van der Waals surface area contributed by atoms with Crippen molar-refractivity contribution in [2.24, 2.45) is 10.2 Å². The summed E-state index contributed by atoms with van der Waals surface area (Å²) in [5, 5.41) is 6.86. The van der Waals surface area contributed by atoms with Crippen LogP contribution in [-0.4, -0.2) is 17.6 Å². The van der Waals surface area contributed by atoms with Crippen LogP contribution in [0.1, 0.15) is 23.1 Å². The van der Waals surface area contributed by atoms with Crippen LogP contribution in [0, 0.1) is 13.8 Å². The van der Waals surface area contributed by atoms with Crippen LogP contribution in [-0.2, 0) is 0 Å². The van der Waals surface area contributed by atoms with Crippen molar-refractivity contribution in [3.8, 4) is 0 Å². The van der Waals surface area contributed by atoms with Gasteiger partial charge in [-0.05, 0) is 25.5 Å². The normalized spacial score (nSPS) is 15.8. The minimum Gasteiger partial charge on any atom is -0.165 e. The second-order valence-electron chi connectivity index (χ2n) is 4.09. The first-order valence-corrected chi connectivity index (χ1v) is 5.16. The molecule has 1 aliphatic rings. The van der Waals surface area contributed by atoms with Gasteiger partial charge in [0.2, 0.25) is 0 Å². The van der Waals surface area contributed by atoms with Crippen LogP contribution in [0.2, 0.25) is 0 Å². The first kappa shape index (κ1) is 11.8. The van der Waals surface area contributed by atoms with Gasteiger partial charge in [-0.1, -0.05) is 17.7 Å². The fourth-order valence-corrected chi connectivity index (χ4v) is 1.70. The molecule has 0 bridgehead atoms. The number of benzene rings is 1. The van der Waals surface area contributed by atoms with Crippen molar-refractivity contribution in [1.29, 1.82) is 0 Å². The van der Waals surface area contributed by atoms with Gasteiger partial charge in [0.1, 0.15) is 5.71 Å². The number of alkyl halides is 3. The summed E-state index contributed by atoms with van der Waals surface area (Å²) in [6.07, 6.45) is -4.63. The van der Waals surface area contributed by atoms with E-state index in [4.69, 9.17) is 0 Å². The van der Waals surface area contributed by atoms with Crippen molar-refractivity contribution in [2.45, 2.75) is 26.4 Å². The molecule has 0 saturated carbocycles. The Morgan fingerprint density at radius 3 is 2.41 bits per heavy atom. The fraction of sp³-hybridized carbons (Fsp3) is 0.333. The van der Waals surface area contributed by atoms with E-state index in [1.807, 2.05) is 32.0 Å². The highest BCUT2D eigenvalue weighted by atomic mass is 19.4. The molecule has 0 aromatic heterocycles. The van der Waals surface area contributed by atoms with Gasteiger partial charge in [0.05, 0.1) is 5.71 Å². The molecule has 5 heteroatoms. The Morgan fingerprint density at radius 1 is 1.12 bits per heavy atom. The van der Waals surface area contributed by atoms with Gasteiger partial charge in [-0.25, -0.2) is 0 Å². The summed E-state index contributed by atoms with van der Waals surface area (Å²) in [5.41, 5.74) is 2.21. The van der Waals surface area contributed by atoms with Crippen molar-refractivity contribution in [3.63, 3.8) is 0 Å². The van der Waals surface area contributed by atoms with E-state index in [9.17, 15) is 13.2 Å². The SMILES string of the molecule is Cc1ccc(C)c(C2=NN=C(C(F)(F)F)C2)c1. The van der Waals surface area contributed by atoms with Crippen LogP contribution >= 0.6 is 0 Å². The summed E-state index contributed by atoms with van der Waals surface area (Å²) in [5.74, 6) is 0. The molecule has 1 aromatic carbocycles. The van der Waals surface area contributed by atoms with Gasteiger partial charge in [0, 0.05) is 12.0 Å². The number of nitrogens with zero attached hydrogens (tertiary/aromatic N) is 2. The lowest BCUT2D eigenvalue weighted by Gasteiger charge is -2.08. The highest BCUT2D eigenvalue weighted by Gasteiger charge is 2.38. The Labute approximate surface area is 96.9 Å². The maximum absolute atomic E-state index is 12.4. The highest BCUT2D eigenvalue weighted by Crippen LogP contribution is 2.26. The van der Waals surface area contributed by atoms with Crippen molar-refractivity contribution < 1.29 is 13.2 Å². The Morgan fingerprint density at radius 2 is 1.82 bits per heavy atom. The van der Waals surface area contributed by atoms with Gasteiger partial charge in [-0.3, -0.25) is 0 Å². The number of halogens is 3. The molecule has 0 atom stereocenters. The molecular formula is C12H11F3N2. The quantitative estimate of drug-likeness (QED) is 0.718. The van der Waals surface area contributed by atoms with Gasteiger partial charge in [0.15, 0.2) is 0 Å². The maximum atomic E-state index is 12.4. The van der Waals surface area contributed by atoms with E-state index >= 15 is 0 Å². The van der Waals surface area contributed by atoms with Crippen LogP contribution < -0.4 is 0 Å². The number of rotatable bonds is 1. The summed E-state index contributed by atoms with van der Waals surface area (Å²) in [6, 6.07) is 5.63. The van der Waals surface area contributed by atoms with E-state index in [0.29, 0.717) is 5.71 Å². The smallest absolute Gasteiger partial charge is 0.165 e. The van der Waals surface area contributed by atoms with Crippen LogP contribution in [0.4, 0.5) is 13.2 Å². The summed E-state index contributed by atoms with van der Waals surface area (Å²) in [6.45, 7) is 3.74. The van der Waals surface area contributed by atoms with Crippen LogP contribution in [0.25, 0.3) is 0 Å². The predicted octanol–water partition coefficient (Wildman–Crippen LogP) is 3.41. The Bertz CT molecular complexity index is 513. The topological polar surface area (TPSA) is 24.7 Å². The molecule has 0 saturated heterocycles. The molecule has 0 aliphatic carbocycles. The molecule has 2 nitrogen and oxygen atoms in total. The van der Waals surface area contributed by atoms with Gasteiger partial charge in [-0.2, -0.15) is 18.3 Å². The highest BCUT2D eigenvalue weighted by molar-refractivity contribution is 6.17. The Balaban J connectivity index is 2.26. The van der Waals surface area contributed by atoms with Crippen molar-refractivity contribution in [3.05, 3.63) is 34.9 Å². The summed E-state index contributed by atoms with van der Waals surface area (Å²) < 4.78 is 37.3. The molecule has 0 N–H and O–H groups in total. The van der Waals surface area contributed by atoms with E-state index in [0.717, 1.165) is 16.7 Å². The molecule has 1 aromatic rings.